The third-order valence-electron chi connectivity index (χ3n) is 5.21. The predicted molar refractivity (Wildman–Crippen MR) is 91.8 cm³/mol. The van der Waals surface area contributed by atoms with Gasteiger partial charge in [-0.15, -0.1) is 0 Å². The molecule has 2 aliphatic heterocycles. The first-order valence-electron chi connectivity index (χ1n) is 8.50. The second-order valence-electron chi connectivity index (χ2n) is 6.86. The van der Waals surface area contributed by atoms with Crippen LogP contribution in [0, 0.1) is 25.7 Å². The summed E-state index contributed by atoms with van der Waals surface area (Å²) in [6, 6.07) is 5.89. The van der Waals surface area contributed by atoms with Crippen molar-refractivity contribution in [1.29, 1.82) is 0 Å². The van der Waals surface area contributed by atoms with Gasteiger partial charge < -0.3 is 20.6 Å². The number of hydrogen-bond donors (Lipinski definition) is 3. The van der Waals surface area contributed by atoms with Crippen molar-refractivity contribution < 1.29 is 14.7 Å². The molecule has 0 saturated carbocycles. The van der Waals surface area contributed by atoms with E-state index in [9.17, 15) is 14.7 Å². The molecule has 24 heavy (non-hydrogen) atoms. The van der Waals surface area contributed by atoms with Crippen molar-refractivity contribution in [3.8, 4) is 0 Å². The Hall–Kier alpha value is -1.92. The van der Waals surface area contributed by atoms with E-state index in [1.54, 1.807) is 4.90 Å². The van der Waals surface area contributed by atoms with Gasteiger partial charge in [0.2, 0.25) is 11.8 Å². The Labute approximate surface area is 142 Å². The fraction of sp³-hybridized carbons (Fsp3) is 0.556. The first-order valence-corrected chi connectivity index (χ1v) is 8.50. The summed E-state index contributed by atoms with van der Waals surface area (Å²) in [7, 11) is 0. The van der Waals surface area contributed by atoms with Crippen LogP contribution in [0.25, 0.3) is 0 Å². The van der Waals surface area contributed by atoms with Gasteiger partial charge in [0.15, 0.2) is 0 Å². The molecule has 2 aliphatic rings. The molecule has 6 heteroatoms. The van der Waals surface area contributed by atoms with Crippen LogP contribution in [0.4, 0.5) is 5.69 Å². The Bertz CT molecular complexity index is 646. The summed E-state index contributed by atoms with van der Waals surface area (Å²) in [6.45, 7) is 6.16. The van der Waals surface area contributed by atoms with Crippen molar-refractivity contribution in [2.45, 2.75) is 26.4 Å². The molecule has 0 aliphatic carbocycles. The molecule has 1 aromatic rings. The third-order valence-corrected chi connectivity index (χ3v) is 5.21. The minimum Gasteiger partial charge on any atom is -0.391 e. The maximum Gasteiger partial charge on any atom is 0.227 e. The van der Waals surface area contributed by atoms with E-state index in [0.717, 1.165) is 16.8 Å². The monoisotopic (exact) mass is 331 g/mol. The number of nitrogens with zero attached hydrogens (tertiary/aromatic N) is 1. The van der Waals surface area contributed by atoms with E-state index in [-0.39, 0.29) is 30.1 Å². The molecule has 130 valence electrons. The van der Waals surface area contributed by atoms with E-state index in [0.29, 0.717) is 26.2 Å². The van der Waals surface area contributed by atoms with E-state index in [1.807, 2.05) is 32.0 Å². The molecule has 3 N–H and O–H groups in total. The molecule has 2 fully saturated rings. The standard InChI is InChI=1S/C18H25N3O3/c1-11-4-3-5-15(12(11)2)21-10-13(6-17(21)23)18(24)20-8-14-7-19-9-16(14)22/h3-5,13-14,16,19,22H,6-10H2,1-2H3,(H,20,24). The van der Waals surface area contributed by atoms with Gasteiger partial charge in [-0.25, -0.2) is 0 Å². The van der Waals surface area contributed by atoms with Gasteiger partial charge in [0.25, 0.3) is 0 Å². The van der Waals surface area contributed by atoms with Crippen molar-refractivity contribution in [3.63, 3.8) is 0 Å². The van der Waals surface area contributed by atoms with E-state index in [4.69, 9.17) is 0 Å². The fourth-order valence-corrected chi connectivity index (χ4v) is 3.45. The quantitative estimate of drug-likeness (QED) is 0.744. The van der Waals surface area contributed by atoms with Gasteiger partial charge in [0, 0.05) is 44.2 Å². The molecule has 0 radical (unpaired) electrons. The number of hydrogen-bond acceptors (Lipinski definition) is 4. The topological polar surface area (TPSA) is 81.7 Å². The first kappa shape index (κ1) is 16.9. The highest BCUT2D eigenvalue weighted by Crippen LogP contribution is 2.29. The van der Waals surface area contributed by atoms with Gasteiger partial charge in [0.1, 0.15) is 0 Å². The van der Waals surface area contributed by atoms with Gasteiger partial charge in [-0.05, 0) is 31.0 Å². The number of β-amino-alcohol motifs (C(OH)–C–C–N with tert-alkyl or cyclic N) is 1. The van der Waals surface area contributed by atoms with Crippen LogP contribution in [0.1, 0.15) is 17.5 Å². The third kappa shape index (κ3) is 3.30. The lowest BCUT2D eigenvalue weighted by Crippen LogP contribution is -2.38. The molecule has 3 unspecified atom stereocenters. The number of anilines is 1. The van der Waals surface area contributed by atoms with Crippen LogP contribution in [0.15, 0.2) is 18.2 Å². The molecule has 0 aromatic heterocycles. The minimum atomic E-state index is -0.415. The number of rotatable bonds is 4. The Morgan fingerprint density at radius 2 is 2.17 bits per heavy atom. The van der Waals surface area contributed by atoms with Crippen molar-refractivity contribution in [3.05, 3.63) is 29.3 Å². The molecule has 3 atom stereocenters. The summed E-state index contributed by atoms with van der Waals surface area (Å²) in [5.74, 6) is -0.397. The highest BCUT2D eigenvalue weighted by molar-refractivity contribution is 6.00. The number of benzene rings is 1. The average Bonchev–Trinajstić information content (AvgIpc) is 3.14. The molecule has 6 nitrogen and oxygen atoms in total. The number of carbonyl (C=O) groups is 2. The zero-order valence-electron chi connectivity index (χ0n) is 14.2. The number of nitrogens with one attached hydrogen (secondary N) is 2. The van der Waals surface area contributed by atoms with Crippen molar-refractivity contribution in [2.24, 2.45) is 11.8 Å². The molecule has 2 saturated heterocycles. The van der Waals surface area contributed by atoms with Gasteiger partial charge >= 0.3 is 0 Å². The largest absolute Gasteiger partial charge is 0.391 e. The zero-order valence-corrected chi connectivity index (χ0v) is 14.2. The van der Waals surface area contributed by atoms with Crippen LogP contribution in [-0.4, -0.2) is 49.2 Å². The summed E-state index contributed by atoms with van der Waals surface area (Å²) >= 11 is 0. The first-order chi connectivity index (χ1) is 11.5. The van der Waals surface area contributed by atoms with Crippen LogP contribution in [0.2, 0.25) is 0 Å². The number of aryl methyl sites for hydroxylation is 1. The van der Waals surface area contributed by atoms with Gasteiger partial charge in [0.05, 0.1) is 12.0 Å². The molecule has 3 rings (SSSR count). The van der Waals surface area contributed by atoms with Crippen LogP contribution in [0.5, 0.6) is 0 Å². The Morgan fingerprint density at radius 1 is 1.38 bits per heavy atom. The lowest BCUT2D eigenvalue weighted by molar-refractivity contribution is -0.126. The van der Waals surface area contributed by atoms with Crippen molar-refractivity contribution >= 4 is 17.5 Å². The number of aliphatic hydroxyl groups excluding tert-OH is 1. The van der Waals surface area contributed by atoms with E-state index < -0.39 is 6.10 Å². The fourth-order valence-electron chi connectivity index (χ4n) is 3.45. The number of amides is 2. The summed E-state index contributed by atoms with van der Waals surface area (Å²) in [4.78, 5) is 26.5. The number of aliphatic hydroxyl groups is 1. The molecule has 0 bridgehead atoms. The molecule has 1 aromatic carbocycles. The Balaban J connectivity index is 1.61. The molecule has 2 amide bonds. The SMILES string of the molecule is Cc1cccc(N2CC(C(=O)NCC3CNCC3O)CC2=O)c1C. The second kappa shape index (κ2) is 6.91. The van der Waals surface area contributed by atoms with Crippen LogP contribution < -0.4 is 15.5 Å². The van der Waals surface area contributed by atoms with Crippen LogP contribution in [0.3, 0.4) is 0 Å². The van der Waals surface area contributed by atoms with E-state index in [2.05, 4.69) is 10.6 Å². The highest BCUT2D eigenvalue weighted by Gasteiger charge is 2.36. The Morgan fingerprint density at radius 3 is 2.88 bits per heavy atom. The Kier molecular flexibility index (Phi) is 4.87. The van der Waals surface area contributed by atoms with E-state index in [1.165, 1.54) is 0 Å². The van der Waals surface area contributed by atoms with Crippen molar-refractivity contribution in [1.82, 2.24) is 10.6 Å². The highest BCUT2D eigenvalue weighted by atomic mass is 16.3. The van der Waals surface area contributed by atoms with Gasteiger partial charge in [-0.3, -0.25) is 9.59 Å². The van der Waals surface area contributed by atoms with E-state index >= 15 is 0 Å². The maximum atomic E-state index is 12.4. The molecule has 2 heterocycles. The van der Waals surface area contributed by atoms with Gasteiger partial charge in [-0.2, -0.15) is 0 Å². The molecular formula is C18H25N3O3. The number of carbonyl (C=O) groups excluding carboxylic acids is 2. The average molecular weight is 331 g/mol. The maximum absolute atomic E-state index is 12.4. The summed E-state index contributed by atoms with van der Waals surface area (Å²) < 4.78 is 0. The minimum absolute atomic E-state index is 0.00795. The zero-order chi connectivity index (χ0) is 17.3. The van der Waals surface area contributed by atoms with Crippen LogP contribution >= 0.6 is 0 Å². The van der Waals surface area contributed by atoms with Crippen molar-refractivity contribution in [2.75, 3.05) is 31.1 Å². The summed E-state index contributed by atoms with van der Waals surface area (Å²) in [5.41, 5.74) is 3.11. The lowest BCUT2D eigenvalue weighted by atomic mass is 10.0. The smallest absolute Gasteiger partial charge is 0.227 e. The summed E-state index contributed by atoms with van der Waals surface area (Å²) in [6.07, 6.45) is -0.174. The molecular weight excluding hydrogens is 306 g/mol. The second-order valence-corrected chi connectivity index (χ2v) is 6.86. The molecule has 0 spiro atoms. The lowest BCUT2D eigenvalue weighted by Gasteiger charge is -2.20. The van der Waals surface area contributed by atoms with Crippen LogP contribution in [-0.2, 0) is 9.59 Å². The predicted octanol–water partition coefficient (Wildman–Crippen LogP) is 0.353. The van der Waals surface area contributed by atoms with Gasteiger partial charge in [-0.1, -0.05) is 12.1 Å². The normalized spacial score (nSPS) is 26.9. The summed E-state index contributed by atoms with van der Waals surface area (Å²) in [5, 5.41) is 15.8.